The van der Waals surface area contributed by atoms with E-state index in [4.69, 9.17) is 16.3 Å². The Labute approximate surface area is 195 Å². The van der Waals surface area contributed by atoms with Crippen LogP contribution < -0.4 is 10.9 Å². The van der Waals surface area contributed by atoms with Gasteiger partial charge in [0.1, 0.15) is 0 Å². The Bertz CT molecular complexity index is 1080. The average molecular weight is 480 g/mol. The Hall–Kier alpha value is -1.87. The minimum absolute atomic E-state index is 0.103. The molecule has 6 nitrogen and oxygen atoms in total. The summed E-state index contributed by atoms with van der Waals surface area (Å²) in [6.07, 6.45) is 0.806. The Morgan fingerprint density at radius 2 is 2.13 bits per heavy atom. The summed E-state index contributed by atoms with van der Waals surface area (Å²) in [7, 11) is 0. The zero-order valence-electron chi connectivity index (χ0n) is 17.8. The van der Waals surface area contributed by atoms with Crippen molar-refractivity contribution in [3.05, 3.63) is 56.0 Å². The van der Waals surface area contributed by atoms with Crippen molar-refractivity contribution in [3.8, 4) is 0 Å². The van der Waals surface area contributed by atoms with Crippen molar-refractivity contribution in [3.63, 3.8) is 0 Å². The number of hydrogen-bond donors (Lipinski definition) is 1. The maximum atomic E-state index is 13.1. The van der Waals surface area contributed by atoms with Gasteiger partial charge >= 0.3 is 0 Å². The molecule has 3 rings (SSSR count). The van der Waals surface area contributed by atoms with Crippen LogP contribution in [0.2, 0.25) is 5.02 Å². The van der Waals surface area contributed by atoms with E-state index in [2.05, 4.69) is 10.3 Å². The molecular formula is C22H26ClN3O3S2. The van der Waals surface area contributed by atoms with Crippen LogP contribution in [-0.4, -0.2) is 33.4 Å². The molecule has 1 unspecified atom stereocenters. The molecule has 0 bridgehead atoms. The lowest BCUT2D eigenvalue weighted by atomic mass is 10.2. The van der Waals surface area contributed by atoms with Crippen molar-refractivity contribution in [1.82, 2.24) is 14.9 Å². The number of nitrogens with one attached hydrogen (secondary N) is 1. The Kier molecular flexibility index (Phi) is 8.54. The zero-order valence-corrected chi connectivity index (χ0v) is 20.1. The van der Waals surface area contributed by atoms with E-state index in [-0.39, 0.29) is 17.6 Å². The van der Waals surface area contributed by atoms with Crippen LogP contribution in [0.3, 0.4) is 0 Å². The molecular weight excluding hydrogens is 454 g/mol. The monoisotopic (exact) mass is 479 g/mol. The second-order valence-corrected chi connectivity index (χ2v) is 10.1. The molecule has 9 heteroatoms. The Morgan fingerprint density at radius 3 is 2.84 bits per heavy atom. The van der Waals surface area contributed by atoms with Gasteiger partial charge in [0.25, 0.3) is 5.56 Å². The maximum Gasteiger partial charge on any atom is 0.262 e. The first-order valence-corrected chi connectivity index (χ1v) is 12.3. The van der Waals surface area contributed by atoms with E-state index in [9.17, 15) is 9.59 Å². The van der Waals surface area contributed by atoms with Crippen molar-refractivity contribution in [2.75, 3.05) is 6.61 Å². The lowest BCUT2D eigenvalue weighted by Gasteiger charge is -2.17. The summed E-state index contributed by atoms with van der Waals surface area (Å²) >= 11 is 8.98. The van der Waals surface area contributed by atoms with E-state index in [1.54, 1.807) is 34.1 Å². The highest BCUT2D eigenvalue weighted by molar-refractivity contribution is 8.00. The molecule has 0 radical (unpaired) electrons. The van der Waals surface area contributed by atoms with Crippen molar-refractivity contribution < 1.29 is 9.53 Å². The van der Waals surface area contributed by atoms with Crippen molar-refractivity contribution in [2.24, 2.45) is 0 Å². The van der Waals surface area contributed by atoms with Gasteiger partial charge in [0.05, 0.1) is 28.8 Å². The molecule has 0 saturated heterocycles. The van der Waals surface area contributed by atoms with Crippen molar-refractivity contribution in [1.29, 1.82) is 0 Å². The number of carbonyl (C=O) groups is 1. The summed E-state index contributed by atoms with van der Waals surface area (Å²) < 4.78 is 7.24. The van der Waals surface area contributed by atoms with Crippen LogP contribution in [0.25, 0.3) is 10.9 Å². The zero-order chi connectivity index (χ0) is 22.4. The van der Waals surface area contributed by atoms with Gasteiger partial charge in [0, 0.05) is 23.1 Å². The molecule has 2 heterocycles. The van der Waals surface area contributed by atoms with Gasteiger partial charge in [0.15, 0.2) is 5.16 Å². The molecule has 0 aliphatic carbocycles. The van der Waals surface area contributed by atoms with Gasteiger partial charge < -0.3 is 10.1 Å². The fourth-order valence-electron chi connectivity index (χ4n) is 2.95. The third kappa shape index (κ3) is 6.55. The molecule has 1 N–H and O–H groups in total. The smallest absolute Gasteiger partial charge is 0.262 e. The van der Waals surface area contributed by atoms with Crippen LogP contribution in [0.1, 0.15) is 32.1 Å². The number of aromatic nitrogens is 2. The highest BCUT2D eigenvalue weighted by Gasteiger charge is 2.19. The van der Waals surface area contributed by atoms with Gasteiger partial charge in [-0.25, -0.2) is 4.98 Å². The van der Waals surface area contributed by atoms with E-state index in [0.717, 1.165) is 4.88 Å². The van der Waals surface area contributed by atoms with Gasteiger partial charge in [-0.05, 0) is 56.8 Å². The molecule has 3 aromatic rings. The maximum absolute atomic E-state index is 13.1. The minimum atomic E-state index is -0.415. The standard InChI is InChI=1S/C22H26ClN3O3S2/c1-14(2)29-10-5-9-26-21(28)18-8-7-16(23)12-19(18)25-22(26)31-15(3)20(27)24-13-17-6-4-11-30-17/h4,6-8,11-12,14-15H,5,9-10,13H2,1-3H3,(H,24,27). The number of hydrogen-bond acceptors (Lipinski definition) is 6. The number of rotatable bonds is 10. The van der Waals surface area contributed by atoms with Crippen LogP contribution in [0.15, 0.2) is 45.7 Å². The Morgan fingerprint density at radius 1 is 1.32 bits per heavy atom. The number of thiophene rings is 1. The SMILES string of the molecule is CC(C)OCCCn1c(SC(C)C(=O)NCc2cccs2)nc2cc(Cl)ccc2c1=O. The van der Waals surface area contributed by atoms with Gasteiger partial charge in [-0.2, -0.15) is 0 Å². The van der Waals surface area contributed by atoms with Crippen LogP contribution in [0.5, 0.6) is 0 Å². The molecule has 2 aromatic heterocycles. The fourth-order valence-corrected chi connectivity index (χ4v) is 4.72. The molecule has 1 atom stereocenters. The fraction of sp³-hybridized carbons (Fsp3) is 0.409. The normalized spacial score (nSPS) is 12.4. The van der Waals surface area contributed by atoms with Crippen LogP contribution >= 0.6 is 34.7 Å². The highest BCUT2D eigenvalue weighted by Crippen LogP contribution is 2.24. The van der Waals surface area contributed by atoms with Crippen LogP contribution in [-0.2, 0) is 22.6 Å². The summed E-state index contributed by atoms with van der Waals surface area (Å²) in [6, 6.07) is 8.99. The number of carbonyl (C=O) groups excluding carboxylic acids is 1. The first-order valence-electron chi connectivity index (χ1n) is 10.1. The third-order valence-electron chi connectivity index (χ3n) is 4.53. The molecule has 31 heavy (non-hydrogen) atoms. The van der Waals surface area contributed by atoms with Gasteiger partial charge in [-0.15, -0.1) is 11.3 Å². The summed E-state index contributed by atoms with van der Waals surface area (Å²) in [5, 5.41) is 6.03. The molecule has 166 valence electrons. The van der Waals surface area contributed by atoms with E-state index < -0.39 is 5.25 Å². The number of amides is 1. The first kappa shape index (κ1) is 23.8. The van der Waals surface area contributed by atoms with Crippen LogP contribution in [0.4, 0.5) is 0 Å². The second-order valence-electron chi connectivity index (χ2n) is 7.34. The van der Waals surface area contributed by atoms with E-state index in [1.807, 2.05) is 38.3 Å². The summed E-state index contributed by atoms with van der Waals surface area (Å²) in [5.74, 6) is -0.103. The lowest BCUT2D eigenvalue weighted by Crippen LogP contribution is -2.31. The molecule has 0 aliphatic heterocycles. The minimum Gasteiger partial charge on any atom is -0.379 e. The van der Waals surface area contributed by atoms with Crippen molar-refractivity contribution >= 4 is 51.5 Å². The molecule has 1 amide bonds. The molecule has 0 fully saturated rings. The number of ether oxygens (including phenoxy) is 1. The molecule has 0 saturated carbocycles. The molecule has 0 spiro atoms. The second kappa shape index (κ2) is 11.1. The molecule has 1 aromatic carbocycles. The largest absolute Gasteiger partial charge is 0.379 e. The molecule has 0 aliphatic rings. The van der Waals surface area contributed by atoms with E-state index in [1.165, 1.54) is 11.8 Å². The number of halogens is 1. The number of benzene rings is 1. The summed E-state index contributed by atoms with van der Waals surface area (Å²) in [5.41, 5.74) is 0.390. The Balaban J connectivity index is 1.80. The summed E-state index contributed by atoms with van der Waals surface area (Å²) in [4.78, 5) is 31.5. The number of thioether (sulfide) groups is 1. The first-order chi connectivity index (χ1) is 14.8. The van der Waals surface area contributed by atoms with Crippen molar-refractivity contribution in [2.45, 2.75) is 56.8 Å². The summed E-state index contributed by atoms with van der Waals surface area (Å²) in [6.45, 7) is 7.26. The quantitative estimate of drug-likeness (QED) is 0.258. The predicted octanol–water partition coefficient (Wildman–Crippen LogP) is 4.72. The van der Waals surface area contributed by atoms with E-state index >= 15 is 0 Å². The lowest BCUT2D eigenvalue weighted by molar-refractivity contribution is -0.120. The predicted molar refractivity (Wildman–Crippen MR) is 128 cm³/mol. The van der Waals surface area contributed by atoms with E-state index in [0.29, 0.717) is 47.2 Å². The van der Waals surface area contributed by atoms with Gasteiger partial charge in [-0.1, -0.05) is 29.4 Å². The number of fused-ring (bicyclic) bond motifs is 1. The highest BCUT2D eigenvalue weighted by atomic mass is 35.5. The number of nitrogens with zero attached hydrogens (tertiary/aromatic N) is 2. The average Bonchev–Trinajstić information content (AvgIpc) is 3.24. The topological polar surface area (TPSA) is 73.2 Å². The van der Waals surface area contributed by atoms with Crippen LogP contribution in [0, 0.1) is 0 Å². The third-order valence-corrected chi connectivity index (χ3v) is 6.73. The van der Waals surface area contributed by atoms with Gasteiger partial charge in [-0.3, -0.25) is 14.2 Å². The van der Waals surface area contributed by atoms with Gasteiger partial charge in [0.2, 0.25) is 5.91 Å².